The van der Waals surface area contributed by atoms with E-state index in [0.29, 0.717) is 23.8 Å². The van der Waals surface area contributed by atoms with Crippen LogP contribution in [-0.2, 0) is 40.7 Å². The number of morpholine rings is 1. The topological polar surface area (TPSA) is 107 Å². The van der Waals surface area contributed by atoms with Gasteiger partial charge in [-0.1, -0.05) is 23.7 Å². The van der Waals surface area contributed by atoms with Gasteiger partial charge in [-0.2, -0.15) is 4.31 Å². The highest BCUT2D eigenvalue weighted by Crippen LogP contribution is 2.48. The number of esters is 1. The van der Waals surface area contributed by atoms with Gasteiger partial charge >= 0.3 is 5.97 Å². The van der Waals surface area contributed by atoms with Gasteiger partial charge in [0.05, 0.1) is 23.0 Å². The molecule has 0 unspecified atom stereocenters. The maximum atomic E-state index is 13.0. The number of carbonyl (C=O) groups is 1. The van der Waals surface area contributed by atoms with Gasteiger partial charge in [0, 0.05) is 18.1 Å². The highest BCUT2D eigenvalue weighted by Gasteiger charge is 2.62. The monoisotopic (exact) mass is 499 g/mol. The molecular formula is C21H22ClNO7S2. The average Bonchev–Trinajstić information content (AvgIpc) is 3.61. The lowest BCUT2D eigenvalue weighted by Gasteiger charge is -2.26. The summed E-state index contributed by atoms with van der Waals surface area (Å²) in [6.07, 6.45) is 0.338. The minimum atomic E-state index is -3.94. The maximum Gasteiger partial charge on any atom is 0.328 e. The largest absolute Gasteiger partial charge is 0.460 e. The molecule has 1 aliphatic carbocycles. The van der Waals surface area contributed by atoms with Crippen LogP contribution >= 0.6 is 11.6 Å². The van der Waals surface area contributed by atoms with Crippen LogP contribution in [0.15, 0.2) is 58.3 Å². The standard InChI is InChI=1S/C21H22ClNO7S2/c22-17-4-6-18(7-5-17)31(25,26)21(8-9-21)20(24)30-15-16-2-1-3-19(14-16)32(27,28)23-10-12-29-13-11-23/h1-7,14H,8-13,15H2. The van der Waals surface area contributed by atoms with Crippen molar-refractivity contribution in [2.24, 2.45) is 0 Å². The fraction of sp³-hybridized carbons (Fsp3) is 0.381. The highest BCUT2D eigenvalue weighted by atomic mass is 35.5. The second-order valence-corrected chi connectivity index (χ2v) is 12.3. The summed E-state index contributed by atoms with van der Waals surface area (Å²) in [5.41, 5.74) is 0.451. The fourth-order valence-corrected chi connectivity index (χ4v) is 7.02. The van der Waals surface area contributed by atoms with Crippen LogP contribution in [0.5, 0.6) is 0 Å². The second-order valence-electron chi connectivity index (χ2n) is 7.69. The summed E-state index contributed by atoms with van der Waals surface area (Å²) in [5, 5.41) is 0.392. The van der Waals surface area contributed by atoms with Gasteiger partial charge < -0.3 is 9.47 Å². The van der Waals surface area contributed by atoms with Crippen LogP contribution < -0.4 is 0 Å². The quantitative estimate of drug-likeness (QED) is 0.538. The van der Waals surface area contributed by atoms with Crippen LogP contribution in [-0.4, -0.2) is 58.2 Å². The van der Waals surface area contributed by atoms with Crippen molar-refractivity contribution in [3.8, 4) is 0 Å². The molecule has 1 saturated carbocycles. The summed E-state index contributed by atoms with van der Waals surface area (Å²) in [5.74, 6) is -0.839. The molecule has 1 aliphatic heterocycles. The number of nitrogens with zero attached hydrogens (tertiary/aromatic N) is 1. The Morgan fingerprint density at radius 2 is 1.66 bits per heavy atom. The number of hydrogen-bond acceptors (Lipinski definition) is 7. The third-order valence-corrected chi connectivity index (χ3v) is 10.2. The molecule has 0 bridgehead atoms. The molecule has 0 spiro atoms. The van der Waals surface area contributed by atoms with Crippen LogP contribution in [0.3, 0.4) is 0 Å². The molecule has 0 aromatic heterocycles. The molecule has 1 saturated heterocycles. The van der Waals surface area contributed by atoms with Crippen LogP contribution in [0, 0.1) is 0 Å². The van der Waals surface area contributed by atoms with Crippen molar-refractivity contribution in [1.29, 1.82) is 0 Å². The Balaban J connectivity index is 1.48. The van der Waals surface area contributed by atoms with Gasteiger partial charge in [-0.15, -0.1) is 0 Å². The number of carbonyl (C=O) groups excluding carboxylic acids is 1. The highest BCUT2D eigenvalue weighted by molar-refractivity contribution is 7.94. The lowest BCUT2D eigenvalue weighted by molar-refractivity contribution is -0.145. The third-order valence-electron chi connectivity index (χ3n) is 5.59. The van der Waals surface area contributed by atoms with Crippen LogP contribution in [0.1, 0.15) is 18.4 Å². The van der Waals surface area contributed by atoms with Crippen LogP contribution in [0.4, 0.5) is 0 Å². The SMILES string of the molecule is O=C(OCc1cccc(S(=O)(=O)N2CCOCC2)c1)C1(S(=O)(=O)c2ccc(Cl)cc2)CC1. The van der Waals surface area contributed by atoms with Gasteiger partial charge in [0.25, 0.3) is 0 Å². The van der Waals surface area contributed by atoms with Crippen molar-refractivity contribution in [1.82, 2.24) is 4.31 Å². The van der Waals surface area contributed by atoms with E-state index in [9.17, 15) is 21.6 Å². The van der Waals surface area contributed by atoms with Crippen molar-refractivity contribution in [2.45, 2.75) is 34.0 Å². The molecule has 2 aromatic rings. The Kier molecular flexibility index (Phi) is 6.34. The number of halogens is 1. The average molecular weight is 500 g/mol. The Labute approximate surface area is 192 Å². The molecule has 32 heavy (non-hydrogen) atoms. The molecule has 0 atom stereocenters. The number of rotatable bonds is 7. The molecule has 2 aromatic carbocycles. The first-order valence-corrected chi connectivity index (χ1v) is 13.3. The van der Waals surface area contributed by atoms with Crippen molar-refractivity contribution < 1.29 is 31.1 Å². The van der Waals surface area contributed by atoms with Crippen molar-refractivity contribution >= 4 is 37.4 Å². The fourth-order valence-electron chi connectivity index (χ4n) is 3.55. The zero-order chi connectivity index (χ0) is 23.0. The smallest absolute Gasteiger partial charge is 0.328 e. The molecular weight excluding hydrogens is 478 g/mol. The maximum absolute atomic E-state index is 13.0. The number of ether oxygens (including phenoxy) is 2. The molecule has 0 amide bonds. The minimum absolute atomic E-state index is 0.00921. The molecule has 2 fully saturated rings. The van der Waals surface area contributed by atoms with Crippen LogP contribution in [0.2, 0.25) is 5.02 Å². The molecule has 0 radical (unpaired) electrons. The van der Waals surface area contributed by atoms with E-state index >= 15 is 0 Å². The lowest BCUT2D eigenvalue weighted by Crippen LogP contribution is -2.40. The zero-order valence-corrected chi connectivity index (χ0v) is 19.5. The Morgan fingerprint density at radius 3 is 2.28 bits per heavy atom. The first-order valence-electron chi connectivity index (χ1n) is 10.0. The summed E-state index contributed by atoms with van der Waals surface area (Å²) >= 11 is 5.83. The molecule has 0 N–H and O–H groups in total. The number of benzene rings is 2. The lowest BCUT2D eigenvalue weighted by atomic mass is 10.2. The number of sulfone groups is 1. The van der Waals surface area contributed by atoms with Crippen molar-refractivity contribution in [3.63, 3.8) is 0 Å². The van der Waals surface area contributed by atoms with E-state index in [1.54, 1.807) is 12.1 Å². The molecule has 172 valence electrons. The molecule has 11 heteroatoms. The van der Waals surface area contributed by atoms with E-state index < -0.39 is 30.6 Å². The van der Waals surface area contributed by atoms with E-state index in [0.717, 1.165) is 0 Å². The van der Waals surface area contributed by atoms with E-state index in [2.05, 4.69) is 0 Å². The van der Waals surface area contributed by atoms with Gasteiger partial charge in [-0.3, -0.25) is 4.79 Å². The Morgan fingerprint density at radius 1 is 1.00 bits per heavy atom. The molecule has 8 nitrogen and oxygen atoms in total. The van der Waals surface area contributed by atoms with Gasteiger partial charge in [0.1, 0.15) is 6.61 Å². The zero-order valence-electron chi connectivity index (χ0n) is 17.1. The first-order chi connectivity index (χ1) is 15.2. The normalized spacial score (nSPS) is 18.8. The summed E-state index contributed by atoms with van der Waals surface area (Å²) in [4.78, 5) is 12.8. The molecule has 4 rings (SSSR count). The van der Waals surface area contributed by atoms with Gasteiger partial charge in [-0.25, -0.2) is 16.8 Å². The van der Waals surface area contributed by atoms with E-state index in [-0.39, 0.29) is 42.3 Å². The first kappa shape index (κ1) is 23.2. The summed E-state index contributed by atoms with van der Waals surface area (Å²) in [6.45, 7) is 0.976. The number of sulfonamides is 1. The predicted octanol–water partition coefficient (Wildman–Crippen LogP) is 2.41. The molecule has 2 aliphatic rings. The van der Waals surface area contributed by atoms with Crippen molar-refractivity contribution in [2.75, 3.05) is 26.3 Å². The third kappa shape index (κ3) is 4.29. The Hall–Kier alpha value is -1.98. The summed E-state index contributed by atoms with van der Waals surface area (Å²) in [7, 11) is -7.64. The molecule has 1 heterocycles. The van der Waals surface area contributed by atoms with E-state index in [4.69, 9.17) is 21.1 Å². The predicted molar refractivity (Wildman–Crippen MR) is 116 cm³/mol. The van der Waals surface area contributed by atoms with Gasteiger partial charge in [-0.05, 0) is 54.8 Å². The minimum Gasteiger partial charge on any atom is -0.460 e. The van der Waals surface area contributed by atoms with Gasteiger partial charge in [0.15, 0.2) is 14.6 Å². The van der Waals surface area contributed by atoms with E-state index in [1.807, 2.05) is 0 Å². The van der Waals surface area contributed by atoms with Gasteiger partial charge in [0.2, 0.25) is 10.0 Å². The van der Waals surface area contributed by atoms with Crippen LogP contribution in [0.25, 0.3) is 0 Å². The Bertz CT molecular complexity index is 1220. The summed E-state index contributed by atoms with van der Waals surface area (Å²) in [6, 6.07) is 11.7. The summed E-state index contributed by atoms with van der Waals surface area (Å²) < 4.78 is 61.9. The van der Waals surface area contributed by atoms with E-state index in [1.165, 1.54) is 40.7 Å². The second kappa shape index (κ2) is 8.75. The number of hydrogen-bond donors (Lipinski definition) is 0. The van der Waals surface area contributed by atoms with Crippen molar-refractivity contribution in [3.05, 3.63) is 59.1 Å².